The van der Waals surface area contributed by atoms with Crippen LogP contribution >= 0.6 is 0 Å². The van der Waals surface area contributed by atoms with Gasteiger partial charge in [-0.1, -0.05) is 30.3 Å². The molecule has 0 N–H and O–H groups in total. The van der Waals surface area contributed by atoms with Gasteiger partial charge in [0.2, 0.25) is 5.76 Å². The largest absolute Gasteiger partial charge is 0.435 e. The van der Waals surface area contributed by atoms with E-state index < -0.39 is 0 Å². The molecule has 154 valence electrons. The zero-order valence-corrected chi connectivity index (χ0v) is 17.1. The molecule has 3 aliphatic rings. The Balaban J connectivity index is 1.08. The van der Waals surface area contributed by atoms with Crippen molar-refractivity contribution in [1.29, 1.82) is 0 Å². The molecule has 5 rings (SSSR count). The molecule has 1 aromatic heterocycles. The minimum absolute atomic E-state index is 0.0266. The number of benzene rings is 1. The van der Waals surface area contributed by atoms with Crippen LogP contribution in [0.2, 0.25) is 0 Å². The third kappa shape index (κ3) is 4.40. The number of carbonyl (C=O) groups is 1. The zero-order chi connectivity index (χ0) is 19.6. The maximum absolute atomic E-state index is 12.7. The third-order valence-corrected chi connectivity index (χ3v) is 7.02. The molecule has 2 aromatic rings. The van der Waals surface area contributed by atoms with Crippen LogP contribution in [0.1, 0.15) is 60.0 Å². The number of amides is 1. The fourth-order valence-corrected chi connectivity index (χ4v) is 5.02. The summed E-state index contributed by atoms with van der Waals surface area (Å²) in [5, 5.41) is 0. The van der Waals surface area contributed by atoms with Crippen molar-refractivity contribution in [2.45, 2.75) is 44.4 Å². The van der Waals surface area contributed by atoms with Crippen LogP contribution in [0.5, 0.6) is 0 Å². The molecule has 1 amide bonds. The van der Waals surface area contributed by atoms with Crippen LogP contribution in [-0.2, 0) is 6.42 Å². The second-order valence-electron chi connectivity index (χ2n) is 9.05. The van der Waals surface area contributed by atoms with Gasteiger partial charge in [0.25, 0.3) is 5.91 Å². The highest BCUT2D eigenvalue weighted by atomic mass is 16.4. The molecular weight excluding hydrogens is 362 g/mol. The normalized spacial score (nSPS) is 23.6. The van der Waals surface area contributed by atoms with Crippen LogP contribution in [0.25, 0.3) is 0 Å². The molecule has 5 heteroatoms. The van der Waals surface area contributed by atoms with E-state index in [1.807, 2.05) is 4.90 Å². The van der Waals surface area contributed by atoms with Crippen molar-refractivity contribution >= 4 is 5.91 Å². The van der Waals surface area contributed by atoms with Crippen LogP contribution in [0, 0.1) is 11.8 Å². The number of piperidine rings is 1. The summed E-state index contributed by atoms with van der Waals surface area (Å²) in [5.41, 5.74) is 1.43. The van der Waals surface area contributed by atoms with Gasteiger partial charge in [0.05, 0.1) is 6.20 Å². The van der Waals surface area contributed by atoms with Crippen LogP contribution in [0.3, 0.4) is 0 Å². The number of hydrogen-bond acceptors (Lipinski definition) is 4. The fourth-order valence-electron chi connectivity index (χ4n) is 5.02. The topological polar surface area (TPSA) is 49.6 Å². The summed E-state index contributed by atoms with van der Waals surface area (Å²) in [6.45, 7) is 5.30. The molecule has 5 nitrogen and oxygen atoms in total. The number of oxazole rings is 1. The van der Waals surface area contributed by atoms with E-state index in [0.29, 0.717) is 11.7 Å². The molecule has 3 heterocycles. The SMILES string of the molecule is O=C(c1cnc(C2CC2)o1)N1CCC(C2CCN(CCc3ccccc3)C2)CC1. The Hall–Kier alpha value is -2.14. The molecule has 1 aliphatic carbocycles. The minimum atomic E-state index is 0.0266. The first-order valence-corrected chi connectivity index (χ1v) is 11.3. The molecule has 1 atom stereocenters. The number of carbonyl (C=O) groups excluding carboxylic acids is 1. The molecule has 0 spiro atoms. The number of rotatable bonds is 6. The summed E-state index contributed by atoms with van der Waals surface area (Å²) in [5.74, 6) is 3.20. The van der Waals surface area contributed by atoms with Crippen molar-refractivity contribution in [2.75, 3.05) is 32.7 Å². The first-order chi connectivity index (χ1) is 14.3. The fraction of sp³-hybridized carbons (Fsp3) is 0.583. The lowest BCUT2D eigenvalue weighted by molar-refractivity contribution is 0.0626. The first-order valence-electron chi connectivity index (χ1n) is 11.3. The van der Waals surface area contributed by atoms with Crippen molar-refractivity contribution in [3.05, 3.63) is 53.7 Å². The maximum Gasteiger partial charge on any atom is 0.291 e. The van der Waals surface area contributed by atoms with Crippen molar-refractivity contribution in [3.63, 3.8) is 0 Å². The van der Waals surface area contributed by atoms with E-state index >= 15 is 0 Å². The van der Waals surface area contributed by atoms with Crippen LogP contribution in [0.15, 0.2) is 40.9 Å². The van der Waals surface area contributed by atoms with Gasteiger partial charge in [-0.2, -0.15) is 0 Å². The predicted octanol–water partition coefficient (Wildman–Crippen LogP) is 3.97. The summed E-state index contributed by atoms with van der Waals surface area (Å²) < 4.78 is 5.72. The van der Waals surface area contributed by atoms with E-state index in [4.69, 9.17) is 4.42 Å². The van der Waals surface area contributed by atoms with Gasteiger partial charge >= 0.3 is 0 Å². The molecule has 1 aromatic carbocycles. The second kappa shape index (κ2) is 8.31. The molecule has 1 saturated carbocycles. The van der Waals surface area contributed by atoms with Crippen LogP contribution < -0.4 is 0 Å². The Morgan fingerprint density at radius 2 is 1.76 bits per heavy atom. The highest BCUT2D eigenvalue weighted by Gasteiger charge is 2.34. The molecule has 0 bridgehead atoms. The van der Waals surface area contributed by atoms with Crippen molar-refractivity contribution < 1.29 is 9.21 Å². The van der Waals surface area contributed by atoms with E-state index in [-0.39, 0.29) is 5.91 Å². The molecule has 3 fully saturated rings. The van der Waals surface area contributed by atoms with E-state index in [1.54, 1.807) is 6.20 Å². The van der Waals surface area contributed by atoms with Gasteiger partial charge in [-0.05, 0) is 62.5 Å². The highest BCUT2D eigenvalue weighted by Crippen LogP contribution is 2.39. The third-order valence-electron chi connectivity index (χ3n) is 7.02. The molecular formula is C24H31N3O2. The smallest absolute Gasteiger partial charge is 0.291 e. The monoisotopic (exact) mass is 393 g/mol. The van der Waals surface area contributed by atoms with Crippen molar-refractivity contribution in [1.82, 2.24) is 14.8 Å². The van der Waals surface area contributed by atoms with Crippen molar-refractivity contribution in [2.24, 2.45) is 11.8 Å². The number of nitrogens with zero attached hydrogens (tertiary/aromatic N) is 3. The van der Waals surface area contributed by atoms with Gasteiger partial charge in [0.15, 0.2) is 5.89 Å². The number of likely N-dealkylation sites (tertiary alicyclic amines) is 2. The van der Waals surface area contributed by atoms with E-state index in [1.165, 1.54) is 25.1 Å². The number of aromatic nitrogens is 1. The summed E-state index contributed by atoms with van der Waals surface area (Å²) in [7, 11) is 0. The van der Waals surface area contributed by atoms with Crippen molar-refractivity contribution in [3.8, 4) is 0 Å². The lowest BCUT2D eigenvalue weighted by Crippen LogP contribution is -2.40. The lowest BCUT2D eigenvalue weighted by atomic mass is 9.83. The highest BCUT2D eigenvalue weighted by molar-refractivity contribution is 5.91. The Morgan fingerprint density at radius 1 is 1.00 bits per heavy atom. The Labute approximate surface area is 173 Å². The molecule has 2 saturated heterocycles. The zero-order valence-electron chi connectivity index (χ0n) is 17.1. The first kappa shape index (κ1) is 18.9. The summed E-state index contributed by atoms with van der Waals surface area (Å²) >= 11 is 0. The predicted molar refractivity (Wildman–Crippen MR) is 112 cm³/mol. The van der Waals surface area contributed by atoms with Gasteiger partial charge in [-0.25, -0.2) is 4.98 Å². The molecule has 1 unspecified atom stereocenters. The van der Waals surface area contributed by atoms with Gasteiger partial charge in [0.1, 0.15) is 0 Å². The van der Waals surface area contributed by atoms with Gasteiger partial charge in [0, 0.05) is 32.1 Å². The summed E-state index contributed by atoms with van der Waals surface area (Å²) in [6, 6.07) is 10.8. The van der Waals surface area contributed by atoms with Gasteiger partial charge < -0.3 is 14.2 Å². The minimum Gasteiger partial charge on any atom is -0.435 e. The lowest BCUT2D eigenvalue weighted by Gasteiger charge is -2.34. The Morgan fingerprint density at radius 3 is 2.52 bits per heavy atom. The summed E-state index contributed by atoms with van der Waals surface area (Å²) in [6.07, 6.45) is 8.59. The van der Waals surface area contributed by atoms with Crippen LogP contribution in [0.4, 0.5) is 0 Å². The summed E-state index contributed by atoms with van der Waals surface area (Å²) in [4.78, 5) is 21.6. The standard InChI is InChI=1S/C24H31N3O2/c28-24(22-16-25-23(29-22)20-6-7-20)27-14-10-19(11-15-27)21-9-13-26(17-21)12-8-18-4-2-1-3-5-18/h1-5,16,19-21H,6-15,17H2. The molecule has 2 aliphatic heterocycles. The Kier molecular flexibility index (Phi) is 5.40. The van der Waals surface area contributed by atoms with E-state index in [2.05, 4.69) is 40.2 Å². The van der Waals surface area contributed by atoms with E-state index in [9.17, 15) is 4.79 Å². The average Bonchev–Trinajstić information content (AvgIpc) is 3.31. The van der Waals surface area contributed by atoms with E-state index in [0.717, 1.165) is 69.5 Å². The van der Waals surface area contributed by atoms with Crippen LogP contribution in [-0.4, -0.2) is 53.4 Å². The number of hydrogen-bond donors (Lipinski definition) is 0. The molecule has 29 heavy (non-hydrogen) atoms. The maximum atomic E-state index is 12.7. The molecule has 0 radical (unpaired) electrons. The second-order valence-corrected chi connectivity index (χ2v) is 9.05. The average molecular weight is 394 g/mol. The quantitative estimate of drug-likeness (QED) is 0.745. The van der Waals surface area contributed by atoms with Gasteiger partial charge in [-0.3, -0.25) is 4.79 Å². The Bertz CT molecular complexity index is 822. The van der Waals surface area contributed by atoms with Gasteiger partial charge in [-0.15, -0.1) is 0 Å².